The SMILES string of the molecule is CC(C)(C)OC(=O)CNC(=O)C(N)CCCCNC(=O)OC(C)(C)C. The zero-order valence-electron chi connectivity index (χ0n) is 16.2. The van der Waals surface area contributed by atoms with Gasteiger partial charge in [-0.25, -0.2) is 4.79 Å². The number of carbonyl (C=O) groups is 3. The van der Waals surface area contributed by atoms with Crippen molar-refractivity contribution >= 4 is 18.0 Å². The molecule has 25 heavy (non-hydrogen) atoms. The molecule has 0 aromatic heterocycles. The minimum atomic E-state index is -0.705. The smallest absolute Gasteiger partial charge is 0.407 e. The molecule has 0 saturated heterocycles. The highest BCUT2D eigenvalue weighted by Crippen LogP contribution is 2.07. The van der Waals surface area contributed by atoms with Gasteiger partial charge in [-0.1, -0.05) is 0 Å². The molecule has 0 bridgehead atoms. The van der Waals surface area contributed by atoms with Gasteiger partial charge in [0.2, 0.25) is 5.91 Å². The van der Waals surface area contributed by atoms with E-state index in [0.717, 1.165) is 0 Å². The molecule has 0 aliphatic carbocycles. The highest BCUT2D eigenvalue weighted by molar-refractivity contribution is 5.85. The Morgan fingerprint density at radius 2 is 1.48 bits per heavy atom. The predicted molar refractivity (Wildman–Crippen MR) is 94.9 cm³/mol. The van der Waals surface area contributed by atoms with Crippen LogP contribution < -0.4 is 16.4 Å². The lowest BCUT2D eigenvalue weighted by molar-refractivity contribution is -0.154. The molecule has 0 aliphatic heterocycles. The van der Waals surface area contributed by atoms with Gasteiger partial charge >= 0.3 is 12.1 Å². The lowest BCUT2D eigenvalue weighted by Gasteiger charge is -2.20. The second kappa shape index (κ2) is 10.2. The van der Waals surface area contributed by atoms with Crippen molar-refractivity contribution < 1.29 is 23.9 Å². The summed E-state index contributed by atoms with van der Waals surface area (Å²) in [6, 6.07) is -0.705. The van der Waals surface area contributed by atoms with Crippen molar-refractivity contribution in [1.29, 1.82) is 0 Å². The monoisotopic (exact) mass is 359 g/mol. The van der Waals surface area contributed by atoms with Crippen molar-refractivity contribution in [3.8, 4) is 0 Å². The van der Waals surface area contributed by atoms with Gasteiger partial charge in [-0.15, -0.1) is 0 Å². The Hall–Kier alpha value is -1.83. The van der Waals surface area contributed by atoms with Crippen LogP contribution in [-0.2, 0) is 19.1 Å². The summed E-state index contributed by atoms with van der Waals surface area (Å²) in [7, 11) is 0. The van der Waals surface area contributed by atoms with Crippen LogP contribution in [0.1, 0.15) is 60.8 Å². The Bertz CT molecular complexity index is 452. The summed E-state index contributed by atoms with van der Waals surface area (Å²) in [5.41, 5.74) is 4.66. The summed E-state index contributed by atoms with van der Waals surface area (Å²) in [6.45, 7) is 10.9. The molecular weight excluding hydrogens is 326 g/mol. The number of unbranched alkanes of at least 4 members (excludes halogenated alkanes) is 1. The first kappa shape index (κ1) is 23.2. The van der Waals surface area contributed by atoms with E-state index in [9.17, 15) is 14.4 Å². The number of nitrogens with two attached hydrogens (primary N) is 1. The molecule has 0 aromatic carbocycles. The number of hydrogen-bond donors (Lipinski definition) is 3. The molecule has 0 fully saturated rings. The predicted octanol–water partition coefficient (Wildman–Crippen LogP) is 1.47. The molecular formula is C17H33N3O5. The minimum absolute atomic E-state index is 0.204. The largest absolute Gasteiger partial charge is 0.459 e. The number of carbonyl (C=O) groups excluding carboxylic acids is 3. The first-order chi connectivity index (χ1) is 11.3. The van der Waals surface area contributed by atoms with Gasteiger partial charge in [-0.3, -0.25) is 9.59 Å². The van der Waals surface area contributed by atoms with Gasteiger partial charge in [0.05, 0.1) is 6.04 Å². The number of amides is 2. The molecule has 146 valence electrons. The number of hydrogen-bond acceptors (Lipinski definition) is 6. The summed E-state index contributed by atoms with van der Waals surface area (Å²) < 4.78 is 10.2. The minimum Gasteiger partial charge on any atom is -0.459 e. The van der Waals surface area contributed by atoms with E-state index in [-0.39, 0.29) is 6.54 Å². The second-order valence-corrected chi connectivity index (χ2v) is 7.84. The van der Waals surface area contributed by atoms with E-state index in [4.69, 9.17) is 15.2 Å². The van der Waals surface area contributed by atoms with Gasteiger partial charge in [-0.2, -0.15) is 0 Å². The Morgan fingerprint density at radius 1 is 0.920 bits per heavy atom. The number of alkyl carbamates (subject to hydrolysis) is 1. The molecule has 0 radical (unpaired) electrons. The molecule has 0 heterocycles. The standard InChI is InChI=1S/C17H33N3O5/c1-16(2,3)24-13(21)11-20-14(22)12(18)9-7-8-10-19-15(23)25-17(4,5)6/h12H,7-11,18H2,1-6H3,(H,19,23)(H,20,22). The van der Waals surface area contributed by atoms with Crippen LogP contribution in [0.25, 0.3) is 0 Å². The molecule has 0 aliphatic rings. The van der Waals surface area contributed by atoms with E-state index < -0.39 is 35.2 Å². The molecule has 0 rings (SSSR count). The second-order valence-electron chi connectivity index (χ2n) is 7.84. The first-order valence-corrected chi connectivity index (χ1v) is 8.52. The number of rotatable bonds is 8. The van der Waals surface area contributed by atoms with Crippen molar-refractivity contribution in [2.45, 2.75) is 78.0 Å². The highest BCUT2D eigenvalue weighted by Gasteiger charge is 2.19. The van der Waals surface area contributed by atoms with Gasteiger partial charge in [0.25, 0.3) is 0 Å². The van der Waals surface area contributed by atoms with E-state index in [0.29, 0.717) is 25.8 Å². The van der Waals surface area contributed by atoms with Gasteiger partial charge in [0.15, 0.2) is 0 Å². The van der Waals surface area contributed by atoms with Crippen molar-refractivity contribution in [2.75, 3.05) is 13.1 Å². The van der Waals surface area contributed by atoms with Gasteiger partial charge in [0.1, 0.15) is 17.7 Å². The molecule has 1 atom stereocenters. The maximum atomic E-state index is 11.8. The first-order valence-electron chi connectivity index (χ1n) is 8.52. The van der Waals surface area contributed by atoms with Crippen molar-refractivity contribution in [3.05, 3.63) is 0 Å². The average molecular weight is 359 g/mol. The molecule has 4 N–H and O–H groups in total. The maximum Gasteiger partial charge on any atom is 0.407 e. The zero-order chi connectivity index (χ0) is 19.7. The maximum absolute atomic E-state index is 11.8. The topological polar surface area (TPSA) is 120 Å². The Labute approximate surface area is 150 Å². The lowest BCUT2D eigenvalue weighted by atomic mass is 10.1. The summed E-state index contributed by atoms with van der Waals surface area (Å²) in [4.78, 5) is 34.8. The van der Waals surface area contributed by atoms with Crippen LogP contribution in [0.15, 0.2) is 0 Å². The molecule has 8 nitrogen and oxygen atoms in total. The fraction of sp³-hybridized carbons (Fsp3) is 0.824. The van der Waals surface area contributed by atoms with E-state index >= 15 is 0 Å². The third-order valence-electron chi connectivity index (χ3n) is 2.77. The summed E-state index contributed by atoms with van der Waals surface area (Å²) in [5.74, 6) is -0.902. The van der Waals surface area contributed by atoms with E-state index in [2.05, 4.69) is 10.6 Å². The van der Waals surface area contributed by atoms with Crippen LogP contribution in [0.2, 0.25) is 0 Å². The third kappa shape index (κ3) is 14.2. The fourth-order valence-electron chi connectivity index (χ4n) is 1.79. The fourth-order valence-corrected chi connectivity index (χ4v) is 1.79. The number of ether oxygens (including phenoxy) is 2. The Kier molecular flexibility index (Phi) is 9.48. The summed E-state index contributed by atoms with van der Waals surface area (Å²) in [5, 5.41) is 5.10. The van der Waals surface area contributed by atoms with Crippen molar-refractivity contribution in [1.82, 2.24) is 10.6 Å². The Morgan fingerprint density at radius 3 is 2.00 bits per heavy atom. The van der Waals surface area contributed by atoms with Gasteiger partial charge in [-0.05, 0) is 60.8 Å². The zero-order valence-corrected chi connectivity index (χ0v) is 16.2. The average Bonchev–Trinajstić information content (AvgIpc) is 2.40. The molecule has 0 spiro atoms. The van der Waals surface area contributed by atoms with Crippen LogP contribution in [0, 0.1) is 0 Å². The highest BCUT2D eigenvalue weighted by atomic mass is 16.6. The van der Waals surface area contributed by atoms with Crippen LogP contribution in [0.3, 0.4) is 0 Å². The Balaban J connectivity index is 3.85. The third-order valence-corrected chi connectivity index (χ3v) is 2.77. The molecule has 2 amide bonds. The van der Waals surface area contributed by atoms with E-state index in [1.54, 1.807) is 41.5 Å². The van der Waals surface area contributed by atoms with Crippen LogP contribution >= 0.6 is 0 Å². The molecule has 1 unspecified atom stereocenters. The van der Waals surface area contributed by atoms with E-state index in [1.165, 1.54) is 0 Å². The molecule has 8 heteroatoms. The van der Waals surface area contributed by atoms with Crippen molar-refractivity contribution in [2.24, 2.45) is 5.73 Å². The quantitative estimate of drug-likeness (QED) is 0.446. The normalized spacial score (nSPS) is 12.9. The lowest BCUT2D eigenvalue weighted by Crippen LogP contribution is -2.43. The van der Waals surface area contributed by atoms with Gasteiger partial charge in [0, 0.05) is 6.54 Å². The van der Waals surface area contributed by atoms with E-state index in [1.807, 2.05) is 0 Å². The molecule has 0 aromatic rings. The summed E-state index contributed by atoms with van der Waals surface area (Å²) >= 11 is 0. The number of esters is 1. The van der Waals surface area contributed by atoms with Crippen molar-refractivity contribution in [3.63, 3.8) is 0 Å². The summed E-state index contributed by atoms with van der Waals surface area (Å²) in [6.07, 6.45) is 1.33. The number of nitrogens with one attached hydrogen (secondary N) is 2. The van der Waals surface area contributed by atoms with Crippen LogP contribution in [0.4, 0.5) is 4.79 Å². The van der Waals surface area contributed by atoms with Crippen LogP contribution in [0.5, 0.6) is 0 Å². The van der Waals surface area contributed by atoms with Crippen LogP contribution in [-0.4, -0.2) is 48.3 Å². The molecule has 0 saturated carbocycles. The van der Waals surface area contributed by atoms with Gasteiger partial charge < -0.3 is 25.8 Å².